The van der Waals surface area contributed by atoms with E-state index in [4.69, 9.17) is 0 Å². The molecule has 0 aromatic heterocycles. The first-order chi connectivity index (χ1) is 6.38. The molecule has 0 aliphatic heterocycles. The topological polar surface area (TPSA) is 0 Å². The van der Waals surface area contributed by atoms with Crippen molar-refractivity contribution in [2.24, 2.45) is 5.41 Å². The van der Waals surface area contributed by atoms with E-state index in [9.17, 15) is 0 Å². The summed E-state index contributed by atoms with van der Waals surface area (Å²) in [7, 11) is 0. The van der Waals surface area contributed by atoms with Crippen molar-refractivity contribution in [3.05, 3.63) is 54.1 Å². The van der Waals surface area contributed by atoms with Crippen molar-refractivity contribution in [3.8, 4) is 0 Å². The molecule has 63 valence electrons. The Morgan fingerprint density at radius 2 is 1.85 bits per heavy atom. The van der Waals surface area contributed by atoms with Crippen LogP contribution in [0, 0.1) is 11.5 Å². The van der Waals surface area contributed by atoms with Gasteiger partial charge in [0.05, 0.1) is 0 Å². The predicted molar refractivity (Wildman–Crippen MR) is 53.9 cm³/mol. The van der Waals surface area contributed by atoms with Crippen LogP contribution in [0.2, 0.25) is 0 Å². The Kier molecular flexibility index (Phi) is 1.29. The lowest BCUT2D eigenvalue weighted by atomic mass is 10.1. The van der Waals surface area contributed by atoms with E-state index < -0.39 is 0 Å². The minimum absolute atomic E-state index is 0.422. The molecule has 1 aromatic carbocycles. The first-order valence-corrected chi connectivity index (χ1v) is 4.77. The van der Waals surface area contributed by atoms with Crippen molar-refractivity contribution < 1.29 is 0 Å². The zero-order valence-corrected chi connectivity index (χ0v) is 7.46. The molecular weight excluding hydrogens is 156 g/mol. The van der Waals surface area contributed by atoms with Gasteiger partial charge >= 0.3 is 0 Å². The Morgan fingerprint density at radius 1 is 1.08 bits per heavy atom. The Morgan fingerprint density at radius 3 is 2.46 bits per heavy atom. The van der Waals surface area contributed by atoms with Crippen LogP contribution in [-0.2, 0) is 0 Å². The maximum atomic E-state index is 3.36. The molecule has 0 N–H and O–H groups in total. The lowest BCUT2D eigenvalue weighted by Gasteiger charge is -1.98. The van der Waals surface area contributed by atoms with Crippen LogP contribution >= 0.6 is 0 Å². The lowest BCUT2D eigenvalue weighted by molar-refractivity contribution is 0.874. The summed E-state index contributed by atoms with van der Waals surface area (Å²) in [5, 5.41) is 0. The summed E-state index contributed by atoms with van der Waals surface area (Å²) in [4.78, 5) is 0. The Hall–Kier alpha value is -1.30. The standard InChI is InChI=1S/C13H11/c1-2-4-11(5-3-1)12-6-7-13(10-12)8-9-13/h1-5,7,10H,8-9H2. The average Bonchev–Trinajstić information content (AvgIpc) is 2.78. The third kappa shape index (κ3) is 1.14. The van der Waals surface area contributed by atoms with Gasteiger partial charge in [-0.1, -0.05) is 42.5 Å². The number of benzene rings is 1. The maximum absolute atomic E-state index is 3.36. The van der Waals surface area contributed by atoms with Crippen molar-refractivity contribution >= 4 is 5.57 Å². The van der Waals surface area contributed by atoms with Crippen LogP contribution in [0.15, 0.2) is 42.5 Å². The summed E-state index contributed by atoms with van der Waals surface area (Å²) in [6, 6.07) is 10.5. The van der Waals surface area contributed by atoms with E-state index in [1.54, 1.807) is 0 Å². The summed E-state index contributed by atoms with van der Waals surface area (Å²) in [5.74, 6) is 0. The van der Waals surface area contributed by atoms with E-state index in [0.29, 0.717) is 5.41 Å². The van der Waals surface area contributed by atoms with E-state index in [1.165, 1.54) is 24.0 Å². The summed E-state index contributed by atoms with van der Waals surface area (Å²) < 4.78 is 0. The third-order valence-electron chi connectivity index (χ3n) is 2.86. The van der Waals surface area contributed by atoms with Crippen LogP contribution in [0.3, 0.4) is 0 Å². The minimum atomic E-state index is 0.422. The Bertz CT molecular complexity index is 378. The van der Waals surface area contributed by atoms with Gasteiger partial charge in [0.25, 0.3) is 0 Å². The predicted octanol–water partition coefficient (Wildman–Crippen LogP) is 3.22. The van der Waals surface area contributed by atoms with E-state index in [-0.39, 0.29) is 0 Å². The molecule has 0 atom stereocenters. The monoisotopic (exact) mass is 167 g/mol. The molecule has 0 nitrogen and oxygen atoms in total. The molecule has 1 aromatic rings. The molecular formula is C13H11. The quantitative estimate of drug-likeness (QED) is 0.602. The molecule has 0 saturated heterocycles. The minimum Gasteiger partial charge on any atom is -0.0660 e. The van der Waals surface area contributed by atoms with Crippen molar-refractivity contribution in [2.75, 3.05) is 0 Å². The summed E-state index contributed by atoms with van der Waals surface area (Å²) in [6.07, 6.45) is 10.6. The molecule has 2 aliphatic carbocycles. The van der Waals surface area contributed by atoms with Crippen LogP contribution in [-0.4, -0.2) is 0 Å². The zero-order valence-electron chi connectivity index (χ0n) is 7.46. The Labute approximate surface area is 78.6 Å². The summed E-state index contributed by atoms with van der Waals surface area (Å²) >= 11 is 0. The molecule has 1 saturated carbocycles. The molecule has 13 heavy (non-hydrogen) atoms. The molecule has 3 rings (SSSR count). The number of allylic oxidation sites excluding steroid dienone is 4. The van der Waals surface area contributed by atoms with Gasteiger partial charge in [-0.15, -0.1) is 0 Å². The number of hydrogen-bond acceptors (Lipinski definition) is 0. The zero-order chi connectivity index (χ0) is 8.73. The van der Waals surface area contributed by atoms with Crippen molar-refractivity contribution in [2.45, 2.75) is 12.8 Å². The van der Waals surface area contributed by atoms with Crippen LogP contribution in [0.25, 0.3) is 5.57 Å². The van der Waals surface area contributed by atoms with E-state index in [1.807, 2.05) is 0 Å². The van der Waals surface area contributed by atoms with Gasteiger partial charge in [0, 0.05) is 5.41 Å². The maximum Gasteiger partial charge on any atom is 0.00806 e. The van der Waals surface area contributed by atoms with Gasteiger partial charge in [-0.3, -0.25) is 0 Å². The molecule has 0 unspecified atom stereocenters. The van der Waals surface area contributed by atoms with Crippen LogP contribution in [0.1, 0.15) is 18.4 Å². The van der Waals surface area contributed by atoms with Gasteiger partial charge in [0.15, 0.2) is 0 Å². The Balaban J connectivity index is 2.00. The normalized spacial score (nSPS) is 22.0. The molecule has 0 amide bonds. The van der Waals surface area contributed by atoms with Gasteiger partial charge in [-0.25, -0.2) is 0 Å². The molecule has 0 bridgehead atoms. The van der Waals surface area contributed by atoms with E-state index in [0.717, 1.165) is 0 Å². The molecule has 2 aliphatic rings. The SMILES string of the molecule is [C]1=CC2(C=C1c1ccccc1)CC2. The van der Waals surface area contributed by atoms with Gasteiger partial charge < -0.3 is 0 Å². The molecule has 1 fully saturated rings. The third-order valence-corrected chi connectivity index (χ3v) is 2.86. The van der Waals surface area contributed by atoms with Gasteiger partial charge in [-0.05, 0) is 30.1 Å². The number of rotatable bonds is 1. The fourth-order valence-corrected chi connectivity index (χ4v) is 1.81. The van der Waals surface area contributed by atoms with Crippen LogP contribution in [0.5, 0.6) is 0 Å². The van der Waals surface area contributed by atoms with Crippen LogP contribution in [0.4, 0.5) is 0 Å². The fraction of sp³-hybridized carbons (Fsp3) is 0.231. The highest BCUT2D eigenvalue weighted by Crippen LogP contribution is 2.53. The lowest BCUT2D eigenvalue weighted by Crippen LogP contribution is -1.83. The fourth-order valence-electron chi connectivity index (χ4n) is 1.81. The second-order valence-corrected chi connectivity index (χ2v) is 3.95. The van der Waals surface area contributed by atoms with E-state index in [2.05, 4.69) is 48.6 Å². The molecule has 0 heteroatoms. The second-order valence-electron chi connectivity index (χ2n) is 3.95. The second kappa shape index (κ2) is 2.35. The largest absolute Gasteiger partial charge is 0.0660 e. The molecule has 0 heterocycles. The first-order valence-electron chi connectivity index (χ1n) is 4.77. The van der Waals surface area contributed by atoms with Crippen molar-refractivity contribution in [3.63, 3.8) is 0 Å². The van der Waals surface area contributed by atoms with Crippen molar-refractivity contribution in [1.29, 1.82) is 0 Å². The summed E-state index contributed by atoms with van der Waals surface area (Å²) in [5.41, 5.74) is 2.99. The number of hydrogen-bond donors (Lipinski definition) is 0. The van der Waals surface area contributed by atoms with Gasteiger partial charge in [0.1, 0.15) is 0 Å². The smallest absolute Gasteiger partial charge is 0.00806 e. The van der Waals surface area contributed by atoms with E-state index >= 15 is 0 Å². The van der Waals surface area contributed by atoms with Crippen LogP contribution < -0.4 is 0 Å². The van der Waals surface area contributed by atoms with Gasteiger partial charge in [0.2, 0.25) is 0 Å². The molecule has 1 spiro atoms. The highest BCUT2D eigenvalue weighted by atomic mass is 14.4. The highest BCUT2D eigenvalue weighted by Gasteiger charge is 2.40. The summed E-state index contributed by atoms with van der Waals surface area (Å²) in [6.45, 7) is 0. The average molecular weight is 167 g/mol. The van der Waals surface area contributed by atoms with Gasteiger partial charge in [-0.2, -0.15) is 0 Å². The first kappa shape index (κ1) is 7.14. The highest BCUT2D eigenvalue weighted by molar-refractivity contribution is 5.75. The molecule has 1 radical (unpaired) electrons. The van der Waals surface area contributed by atoms with Crippen molar-refractivity contribution in [1.82, 2.24) is 0 Å².